The summed E-state index contributed by atoms with van der Waals surface area (Å²) in [6.45, 7) is 4.13. The van der Waals surface area contributed by atoms with Gasteiger partial charge in [0.25, 0.3) is 0 Å². The first-order valence-corrected chi connectivity index (χ1v) is 10.8. The number of aromatic nitrogens is 4. The second-order valence-electron chi connectivity index (χ2n) is 7.70. The molecule has 4 rings (SSSR count). The van der Waals surface area contributed by atoms with Gasteiger partial charge in [-0.05, 0) is 54.4 Å². The van der Waals surface area contributed by atoms with E-state index in [1.165, 1.54) is 0 Å². The molecule has 3 aromatic heterocycles. The van der Waals surface area contributed by atoms with Crippen molar-refractivity contribution >= 4 is 34.1 Å². The summed E-state index contributed by atoms with van der Waals surface area (Å²) in [6, 6.07) is 14.2. The fourth-order valence-electron chi connectivity index (χ4n) is 3.14. The number of benzene rings is 1. The Hall–Kier alpha value is -3.36. The molecule has 0 spiro atoms. The molecule has 0 saturated heterocycles. The summed E-state index contributed by atoms with van der Waals surface area (Å²) in [7, 11) is 0. The smallest absolute Gasteiger partial charge is 0.228 e. The van der Waals surface area contributed by atoms with Crippen LogP contribution in [0, 0.1) is 5.92 Å². The van der Waals surface area contributed by atoms with Crippen LogP contribution in [0.15, 0.2) is 54.7 Å². The van der Waals surface area contributed by atoms with Gasteiger partial charge in [-0.2, -0.15) is 0 Å². The Morgan fingerprint density at radius 2 is 1.85 bits per heavy atom. The van der Waals surface area contributed by atoms with Crippen molar-refractivity contribution in [2.75, 3.05) is 18.8 Å². The maximum Gasteiger partial charge on any atom is 0.228 e. The number of nitrogens with one attached hydrogen (secondary N) is 1. The van der Waals surface area contributed by atoms with Crippen LogP contribution in [0.1, 0.15) is 19.7 Å². The van der Waals surface area contributed by atoms with Crippen molar-refractivity contribution in [2.45, 2.75) is 20.5 Å². The van der Waals surface area contributed by atoms with E-state index in [2.05, 4.69) is 34.1 Å². The van der Waals surface area contributed by atoms with Crippen molar-refractivity contribution in [1.82, 2.24) is 19.9 Å². The highest BCUT2D eigenvalue weighted by Crippen LogP contribution is 2.29. The van der Waals surface area contributed by atoms with Crippen LogP contribution in [-0.2, 0) is 11.3 Å². The summed E-state index contributed by atoms with van der Waals surface area (Å²) in [5.41, 5.74) is 2.44. The van der Waals surface area contributed by atoms with E-state index >= 15 is 0 Å². The van der Waals surface area contributed by atoms with E-state index in [0.29, 0.717) is 52.0 Å². The second kappa shape index (κ2) is 10.5. The minimum Gasteiger partial charge on any atom is -0.463 e. The maximum absolute atomic E-state index is 12.4. The van der Waals surface area contributed by atoms with Crippen LogP contribution < -0.4 is 10.1 Å². The van der Waals surface area contributed by atoms with Gasteiger partial charge in [-0.3, -0.25) is 4.98 Å². The van der Waals surface area contributed by atoms with Crippen molar-refractivity contribution in [1.29, 1.82) is 0 Å². The zero-order valence-electron chi connectivity index (χ0n) is 18.3. The lowest BCUT2D eigenvalue weighted by atomic mass is 10.2. The largest absolute Gasteiger partial charge is 0.463 e. The number of ether oxygens (including phenoxy) is 2. The number of halogens is 2. The molecule has 7 nitrogen and oxygen atoms in total. The number of hydrogen-bond donors (Lipinski definition) is 1. The van der Waals surface area contributed by atoms with E-state index in [9.17, 15) is 4.39 Å². The van der Waals surface area contributed by atoms with Gasteiger partial charge in [-0.15, -0.1) is 0 Å². The predicted molar refractivity (Wildman–Crippen MR) is 126 cm³/mol. The molecule has 0 bridgehead atoms. The lowest BCUT2D eigenvalue weighted by molar-refractivity contribution is 0.0925. The Kier molecular flexibility index (Phi) is 7.26. The molecule has 1 aromatic carbocycles. The monoisotopic (exact) mass is 467 g/mol. The Balaban J connectivity index is 1.72. The summed E-state index contributed by atoms with van der Waals surface area (Å²) < 4.78 is 23.0. The molecular formula is C24H23ClFN5O2. The molecule has 0 unspecified atom stereocenters. The van der Waals surface area contributed by atoms with Crippen LogP contribution >= 0.6 is 11.6 Å². The first kappa shape index (κ1) is 22.8. The van der Waals surface area contributed by atoms with Gasteiger partial charge in [0, 0.05) is 18.5 Å². The SMILES string of the molecule is CC(C)COCc1nc(Nc2ccc(OCF)cc2)c2ccc(-c3ncccc3Cl)nc2n1. The third-order valence-corrected chi connectivity index (χ3v) is 4.93. The molecule has 0 atom stereocenters. The first-order chi connectivity index (χ1) is 16.0. The normalized spacial score (nSPS) is 11.2. The van der Waals surface area contributed by atoms with E-state index in [1.54, 1.807) is 42.6 Å². The van der Waals surface area contributed by atoms with Gasteiger partial charge in [0.1, 0.15) is 23.9 Å². The summed E-state index contributed by atoms with van der Waals surface area (Å²) in [6.07, 6.45) is 1.67. The highest BCUT2D eigenvalue weighted by atomic mass is 35.5. The predicted octanol–water partition coefficient (Wildman–Crippen LogP) is 5.96. The van der Waals surface area contributed by atoms with Gasteiger partial charge < -0.3 is 14.8 Å². The van der Waals surface area contributed by atoms with Crippen molar-refractivity contribution in [3.8, 4) is 17.1 Å². The van der Waals surface area contributed by atoms with Gasteiger partial charge >= 0.3 is 0 Å². The van der Waals surface area contributed by atoms with E-state index in [1.807, 2.05) is 12.1 Å². The summed E-state index contributed by atoms with van der Waals surface area (Å²) in [4.78, 5) is 18.3. The van der Waals surface area contributed by atoms with Gasteiger partial charge in [0.15, 0.2) is 11.5 Å². The van der Waals surface area contributed by atoms with Crippen molar-refractivity contribution in [2.24, 2.45) is 5.92 Å². The zero-order valence-corrected chi connectivity index (χ0v) is 19.0. The second-order valence-corrected chi connectivity index (χ2v) is 8.11. The molecule has 170 valence electrons. The number of anilines is 2. The Morgan fingerprint density at radius 3 is 2.58 bits per heavy atom. The number of pyridine rings is 2. The fraction of sp³-hybridized carbons (Fsp3) is 0.250. The number of fused-ring (bicyclic) bond motifs is 1. The minimum atomic E-state index is -0.878. The molecule has 33 heavy (non-hydrogen) atoms. The molecule has 0 aliphatic heterocycles. The van der Waals surface area contributed by atoms with Crippen LogP contribution in [-0.4, -0.2) is 33.4 Å². The summed E-state index contributed by atoms with van der Waals surface area (Å²) in [5, 5.41) is 4.52. The first-order valence-electron chi connectivity index (χ1n) is 10.5. The highest BCUT2D eigenvalue weighted by molar-refractivity contribution is 6.32. The van der Waals surface area contributed by atoms with Crippen LogP contribution in [0.3, 0.4) is 0 Å². The molecule has 0 aliphatic carbocycles. The fourth-order valence-corrected chi connectivity index (χ4v) is 3.36. The quantitative estimate of drug-likeness (QED) is 0.325. The zero-order chi connectivity index (χ0) is 23.2. The lowest BCUT2D eigenvalue weighted by Crippen LogP contribution is -2.07. The van der Waals surface area contributed by atoms with Crippen molar-refractivity contribution < 1.29 is 13.9 Å². The Labute approximate surface area is 196 Å². The van der Waals surface area contributed by atoms with E-state index in [-0.39, 0.29) is 6.61 Å². The molecule has 0 saturated carbocycles. The molecule has 1 N–H and O–H groups in total. The standard InChI is InChI=1S/C24H23ClFN5O2/c1-15(2)12-32-13-21-30-23(28-16-5-7-17(8-6-16)33-14-26)18-9-10-20(29-24(18)31-21)22-19(25)4-3-11-27-22/h3-11,15H,12-14H2,1-2H3,(H,28,29,30,31). The molecule has 3 heterocycles. The van der Waals surface area contributed by atoms with Crippen LogP contribution in [0.2, 0.25) is 5.02 Å². The third-order valence-electron chi connectivity index (χ3n) is 4.63. The molecular weight excluding hydrogens is 445 g/mol. The van der Waals surface area contributed by atoms with Crippen LogP contribution in [0.4, 0.5) is 15.9 Å². The van der Waals surface area contributed by atoms with E-state index in [0.717, 1.165) is 11.1 Å². The maximum atomic E-state index is 12.4. The van der Waals surface area contributed by atoms with Gasteiger partial charge in [-0.1, -0.05) is 25.4 Å². The average Bonchev–Trinajstić information content (AvgIpc) is 2.80. The number of nitrogens with zero attached hydrogens (tertiary/aromatic N) is 4. The number of alkyl halides is 1. The Morgan fingerprint density at radius 1 is 1.03 bits per heavy atom. The lowest BCUT2D eigenvalue weighted by Gasteiger charge is -2.13. The topological polar surface area (TPSA) is 82.0 Å². The van der Waals surface area contributed by atoms with Crippen molar-refractivity contribution in [3.05, 3.63) is 65.6 Å². The van der Waals surface area contributed by atoms with Crippen LogP contribution in [0.25, 0.3) is 22.4 Å². The molecule has 4 aromatic rings. The van der Waals surface area contributed by atoms with Crippen LogP contribution in [0.5, 0.6) is 5.75 Å². The summed E-state index contributed by atoms with van der Waals surface area (Å²) in [5.74, 6) is 1.91. The summed E-state index contributed by atoms with van der Waals surface area (Å²) >= 11 is 6.31. The average molecular weight is 468 g/mol. The third kappa shape index (κ3) is 5.71. The molecule has 0 aliphatic rings. The molecule has 0 radical (unpaired) electrons. The van der Waals surface area contributed by atoms with E-state index < -0.39 is 6.86 Å². The minimum absolute atomic E-state index is 0.252. The number of rotatable bonds is 9. The Bertz CT molecular complexity index is 1240. The molecule has 0 fully saturated rings. The molecule has 9 heteroatoms. The van der Waals surface area contributed by atoms with Crippen molar-refractivity contribution in [3.63, 3.8) is 0 Å². The number of hydrogen-bond acceptors (Lipinski definition) is 7. The molecule has 0 amide bonds. The van der Waals surface area contributed by atoms with Gasteiger partial charge in [0.05, 0.1) is 16.1 Å². The highest BCUT2D eigenvalue weighted by Gasteiger charge is 2.13. The van der Waals surface area contributed by atoms with Gasteiger partial charge in [-0.25, -0.2) is 19.3 Å². The van der Waals surface area contributed by atoms with E-state index in [4.69, 9.17) is 26.1 Å². The van der Waals surface area contributed by atoms with Gasteiger partial charge in [0.2, 0.25) is 6.86 Å².